The van der Waals surface area contributed by atoms with Crippen molar-refractivity contribution in [1.29, 1.82) is 0 Å². The summed E-state index contributed by atoms with van der Waals surface area (Å²) < 4.78 is 21.9. The fourth-order valence-corrected chi connectivity index (χ4v) is 3.27. The number of carbonyl (C=O) groups excluding carboxylic acids is 1. The van der Waals surface area contributed by atoms with Crippen LogP contribution in [-0.2, 0) is 4.74 Å². The van der Waals surface area contributed by atoms with Gasteiger partial charge in [0.1, 0.15) is 0 Å². The van der Waals surface area contributed by atoms with Crippen molar-refractivity contribution < 1.29 is 23.4 Å². The van der Waals surface area contributed by atoms with Gasteiger partial charge >= 0.3 is 5.97 Å². The molecular formula is C22H15NO5. The van der Waals surface area contributed by atoms with Gasteiger partial charge in [-0.25, -0.2) is 4.79 Å². The van der Waals surface area contributed by atoms with Crippen LogP contribution in [0.4, 0.5) is 0 Å². The summed E-state index contributed by atoms with van der Waals surface area (Å²) >= 11 is 0. The molecule has 6 nitrogen and oxygen atoms in total. The highest BCUT2D eigenvalue weighted by Gasteiger charge is 2.26. The Kier molecular flexibility index (Phi) is 3.94. The van der Waals surface area contributed by atoms with E-state index in [-0.39, 0.29) is 12.6 Å². The molecule has 0 N–H and O–H groups in total. The molecule has 4 aromatic rings. The van der Waals surface area contributed by atoms with E-state index >= 15 is 0 Å². The summed E-state index contributed by atoms with van der Waals surface area (Å²) in [6, 6.07) is 18.4. The normalized spacial score (nSPS) is 13.4. The molecule has 2 aromatic heterocycles. The number of aromatic nitrogens is 1. The molecule has 1 aliphatic heterocycles. The van der Waals surface area contributed by atoms with E-state index in [1.54, 1.807) is 24.4 Å². The summed E-state index contributed by atoms with van der Waals surface area (Å²) in [6.45, 7) is 0.169. The standard InChI is InChI=1S/C22H15NO5/c24-22(18-6-3-11-25-18)28-21(15-7-8-17-19(12-15)27-13-26-17)20-16-5-2-1-4-14(16)9-10-23-20/h1-12,21H,13H2. The minimum absolute atomic E-state index is 0.131. The summed E-state index contributed by atoms with van der Waals surface area (Å²) in [5.74, 6) is 0.830. The largest absolute Gasteiger partial charge is 0.457 e. The number of ether oxygens (including phenoxy) is 3. The Bertz CT molecular complexity index is 1150. The van der Waals surface area contributed by atoms with Crippen LogP contribution in [0, 0.1) is 0 Å². The minimum atomic E-state index is -0.738. The maximum absolute atomic E-state index is 12.6. The van der Waals surface area contributed by atoms with Crippen molar-refractivity contribution in [2.24, 2.45) is 0 Å². The lowest BCUT2D eigenvalue weighted by Gasteiger charge is -2.19. The third-order valence-corrected chi connectivity index (χ3v) is 4.60. The van der Waals surface area contributed by atoms with Gasteiger partial charge in [-0.05, 0) is 35.7 Å². The molecule has 3 heterocycles. The van der Waals surface area contributed by atoms with E-state index in [9.17, 15) is 4.79 Å². The van der Waals surface area contributed by atoms with Gasteiger partial charge < -0.3 is 18.6 Å². The number of pyridine rings is 1. The molecule has 1 unspecified atom stereocenters. The van der Waals surface area contributed by atoms with Gasteiger partial charge in [0.05, 0.1) is 12.0 Å². The Morgan fingerprint density at radius 1 is 1.00 bits per heavy atom. The third kappa shape index (κ3) is 2.85. The average Bonchev–Trinajstić information content (AvgIpc) is 3.43. The van der Waals surface area contributed by atoms with E-state index in [1.807, 2.05) is 42.5 Å². The van der Waals surface area contributed by atoms with Gasteiger partial charge in [0.25, 0.3) is 0 Å². The number of carbonyl (C=O) groups is 1. The summed E-state index contributed by atoms with van der Waals surface area (Å²) in [4.78, 5) is 17.2. The number of fused-ring (bicyclic) bond motifs is 2. The van der Waals surface area contributed by atoms with Gasteiger partial charge in [0, 0.05) is 17.1 Å². The number of nitrogens with zero attached hydrogens (tertiary/aromatic N) is 1. The van der Waals surface area contributed by atoms with Gasteiger partial charge in [0.2, 0.25) is 12.6 Å². The Morgan fingerprint density at radius 2 is 1.89 bits per heavy atom. The maximum atomic E-state index is 12.6. The highest BCUT2D eigenvalue weighted by Crippen LogP contribution is 2.38. The van der Waals surface area contributed by atoms with Crippen LogP contribution in [0.25, 0.3) is 10.8 Å². The Balaban J connectivity index is 1.63. The molecule has 1 atom stereocenters. The summed E-state index contributed by atoms with van der Waals surface area (Å²) in [5, 5.41) is 1.91. The SMILES string of the molecule is O=C(OC(c1ccc2c(c1)OCO2)c1nccc2ccccc12)c1ccco1. The first kappa shape index (κ1) is 16.4. The fraction of sp³-hybridized carbons (Fsp3) is 0.0909. The van der Waals surface area contributed by atoms with Crippen LogP contribution in [-0.4, -0.2) is 17.7 Å². The van der Waals surface area contributed by atoms with Crippen molar-refractivity contribution in [3.8, 4) is 11.5 Å². The van der Waals surface area contributed by atoms with Crippen molar-refractivity contribution in [2.45, 2.75) is 6.10 Å². The van der Waals surface area contributed by atoms with E-state index in [4.69, 9.17) is 18.6 Å². The zero-order valence-corrected chi connectivity index (χ0v) is 14.7. The summed E-state index contributed by atoms with van der Waals surface area (Å²) in [7, 11) is 0. The second-order valence-corrected chi connectivity index (χ2v) is 6.29. The predicted molar refractivity (Wildman–Crippen MR) is 100 cm³/mol. The Labute approximate surface area is 160 Å². The second kappa shape index (κ2) is 6.74. The van der Waals surface area contributed by atoms with Crippen LogP contribution in [0.2, 0.25) is 0 Å². The lowest BCUT2D eigenvalue weighted by molar-refractivity contribution is 0.0336. The number of esters is 1. The molecule has 6 heteroatoms. The molecule has 138 valence electrons. The maximum Gasteiger partial charge on any atom is 0.375 e. The first-order valence-corrected chi connectivity index (χ1v) is 8.77. The molecule has 0 saturated heterocycles. The first-order valence-electron chi connectivity index (χ1n) is 8.77. The molecule has 2 aromatic carbocycles. The van der Waals surface area contributed by atoms with Crippen LogP contribution in [0.15, 0.2) is 77.5 Å². The molecule has 1 aliphatic rings. The molecular weight excluding hydrogens is 358 g/mol. The van der Waals surface area contributed by atoms with E-state index in [0.717, 1.165) is 16.3 Å². The molecule has 0 bridgehead atoms. The van der Waals surface area contributed by atoms with Crippen LogP contribution in [0.5, 0.6) is 11.5 Å². The second-order valence-electron chi connectivity index (χ2n) is 6.29. The molecule has 0 radical (unpaired) electrons. The molecule has 0 amide bonds. The van der Waals surface area contributed by atoms with Gasteiger partial charge in [-0.3, -0.25) is 4.98 Å². The van der Waals surface area contributed by atoms with Crippen LogP contribution in [0.1, 0.15) is 27.9 Å². The number of hydrogen-bond acceptors (Lipinski definition) is 6. The minimum Gasteiger partial charge on any atom is -0.457 e. The van der Waals surface area contributed by atoms with E-state index in [2.05, 4.69) is 4.98 Å². The molecule has 0 aliphatic carbocycles. The zero-order valence-electron chi connectivity index (χ0n) is 14.7. The van der Waals surface area contributed by atoms with Crippen LogP contribution < -0.4 is 9.47 Å². The number of rotatable bonds is 4. The highest BCUT2D eigenvalue weighted by molar-refractivity contribution is 5.88. The Morgan fingerprint density at radius 3 is 2.79 bits per heavy atom. The molecule has 0 spiro atoms. The van der Waals surface area contributed by atoms with Crippen molar-refractivity contribution in [3.63, 3.8) is 0 Å². The van der Waals surface area contributed by atoms with Gasteiger partial charge in [0.15, 0.2) is 17.6 Å². The first-order chi connectivity index (χ1) is 13.8. The molecule has 28 heavy (non-hydrogen) atoms. The van der Waals surface area contributed by atoms with Crippen molar-refractivity contribution in [3.05, 3.63) is 90.1 Å². The van der Waals surface area contributed by atoms with Gasteiger partial charge in [-0.1, -0.05) is 30.3 Å². The predicted octanol–water partition coefficient (Wildman–Crippen LogP) is 4.50. The zero-order chi connectivity index (χ0) is 18.9. The smallest absolute Gasteiger partial charge is 0.375 e. The monoisotopic (exact) mass is 373 g/mol. The lowest BCUT2D eigenvalue weighted by atomic mass is 10.0. The van der Waals surface area contributed by atoms with E-state index in [0.29, 0.717) is 17.2 Å². The fourth-order valence-electron chi connectivity index (χ4n) is 3.27. The van der Waals surface area contributed by atoms with E-state index in [1.165, 1.54) is 6.26 Å². The topological polar surface area (TPSA) is 70.8 Å². The number of benzene rings is 2. The summed E-state index contributed by atoms with van der Waals surface area (Å²) in [5.41, 5.74) is 1.37. The van der Waals surface area contributed by atoms with Crippen LogP contribution in [0.3, 0.4) is 0 Å². The average molecular weight is 373 g/mol. The Hall–Kier alpha value is -3.80. The molecule has 5 rings (SSSR count). The molecule has 0 saturated carbocycles. The van der Waals surface area contributed by atoms with Crippen molar-refractivity contribution in [1.82, 2.24) is 4.98 Å². The van der Waals surface area contributed by atoms with Crippen LogP contribution >= 0.6 is 0 Å². The van der Waals surface area contributed by atoms with Gasteiger partial charge in [-0.2, -0.15) is 0 Å². The van der Waals surface area contributed by atoms with Crippen molar-refractivity contribution >= 4 is 16.7 Å². The third-order valence-electron chi connectivity index (χ3n) is 4.60. The quantitative estimate of drug-likeness (QED) is 0.491. The number of hydrogen-bond donors (Lipinski definition) is 0. The van der Waals surface area contributed by atoms with Gasteiger partial charge in [-0.15, -0.1) is 0 Å². The molecule has 0 fully saturated rings. The summed E-state index contributed by atoms with van der Waals surface area (Å²) in [6.07, 6.45) is 2.40. The van der Waals surface area contributed by atoms with Crippen molar-refractivity contribution in [2.75, 3.05) is 6.79 Å². The highest BCUT2D eigenvalue weighted by atomic mass is 16.7. The van der Waals surface area contributed by atoms with E-state index < -0.39 is 12.1 Å². The number of furan rings is 1. The lowest BCUT2D eigenvalue weighted by Crippen LogP contribution is -2.14.